The number of para-hydroxylation sites is 2. The SMILES string of the molecule is c1ccc(-c2ccc(N(c3ccc(-c4cccc5oc6ccccc6c45)cc3)c3cccc4c3oc3cc5oc(-c6ccccc6)nc5cc34)cc2)cc1. The monoisotopic (exact) mass is 694 g/mol. The van der Waals surface area contributed by atoms with E-state index in [1.807, 2.05) is 60.7 Å². The molecular weight excluding hydrogens is 665 g/mol. The van der Waals surface area contributed by atoms with Crippen LogP contribution in [0.15, 0.2) is 195 Å². The minimum atomic E-state index is 0.592. The molecule has 0 fully saturated rings. The van der Waals surface area contributed by atoms with Crippen LogP contribution in [0.25, 0.3) is 88.7 Å². The van der Waals surface area contributed by atoms with Gasteiger partial charge in [0.1, 0.15) is 22.3 Å². The Morgan fingerprint density at radius 3 is 1.80 bits per heavy atom. The lowest BCUT2D eigenvalue weighted by Crippen LogP contribution is -2.10. The largest absolute Gasteiger partial charge is 0.456 e. The lowest BCUT2D eigenvalue weighted by molar-refractivity contribution is 0.617. The Morgan fingerprint density at radius 1 is 0.389 bits per heavy atom. The van der Waals surface area contributed by atoms with Gasteiger partial charge in [-0.2, -0.15) is 0 Å². The number of oxazole rings is 1. The van der Waals surface area contributed by atoms with Gasteiger partial charge in [0.15, 0.2) is 11.2 Å². The normalized spacial score (nSPS) is 11.7. The van der Waals surface area contributed by atoms with Gasteiger partial charge in [0.25, 0.3) is 0 Å². The first-order chi connectivity index (χ1) is 26.7. The lowest BCUT2D eigenvalue weighted by Gasteiger charge is -2.26. The van der Waals surface area contributed by atoms with Gasteiger partial charge in [-0.05, 0) is 82.9 Å². The molecule has 0 saturated heterocycles. The van der Waals surface area contributed by atoms with Crippen LogP contribution in [0.2, 0.25) is 0 Å². The zero-order valence-corrected chi connectivity index (χ0v) is 28.9. The van der Waals surface area contributed by atoms with Crippen LogP contribution in [0.1, 0.15) is 0 Å². The van der Waals surface area contributed by atoms with E-state index in [1.165, 1.54) is 5.56 Å². The van der Waals surface area contributed by atoms with Gasteiger partial charge in [0, 0.05) is 44.5 Å². The summed E-state index contributed by atoms with van der Waals surface area (Å²) in [6.07, 6.45) is 0. The van der Waals surface area contributed by atoms with E-state index in [1.54, 1.807) is 0 Å². The first-order valence-corrected chi connectivity index (χ1v) is 18.0. The third-order valence-electron chi connectivity index (χ3n) is 10.3. The number of anilines is 3. The molecule has 0 aliphatic rings. The van der Waals surface area contributed by atoms with E-state index >= 15 is 0 Å². The average Bonchev–Trinajstić information content (AvgIpc) is 3.94. The van der Waals surface area contributed by atoms with Gasteiger partial charge >= 0.3 is 0 Å². The molecule has 0 saturated carbocycles. The molecule has 0 radical (unpaired) electrons. The summed E-state index contributed by atoms with van der Waals surface area (Å²) in [5.41, 5.74) is 13.2. The van der Waals surface area contributed by atoms with E-state index in [0.717, 1.165) is 88.7 Å². The van der Waals surface area contributed by atoms with Crippen molar-refractivity contribution < 1.29 is 13.3 Å². The summed E-state index contributed by atoms with van der Waals surface area (Å²) < 4.78 is 19.2. The highest BCUT2D eigenvalue weighted by molar-refractivity contribution is 6.14. The zero-order valence-electron chi connectivity index (χ0n) is 28.9. The summed E-state index contributed by atoms with van der Waals surface area (Å²) in [6.45, 7) is 0. The molecule has 11 aromatic rings. The quantitative estimate of drug-likeness (QED) is 0.173. The first-order valence-electron chi connectivity index (χ1n) is 18.0. The summed E-state index contributed by atoms with van der Waals surface area (Å²) in [5, 5.41) is 4.23. The number of rotatable bonds is 6. The molecule has 254 valence electrons. The molecule has 0 aliphatic heterocycles. The van der Waals surface area contributed by atoms with Crippen molar-refractivity contribution >= 4 is 72.0 Å². The highest BCUT2D eigenvalue weighted by Crippen LogP contribution is 2.44. The van der Waals surface area contributed by atoms with E-state index in [4.69, 9.17) is 18.2 Å². The number of aromatic nitrogens is 1. The number of benzene rings is 8. The third kappa shape index (κ3) is 4.90. The van der Waals surface area contributed by atoms with Crippen LogP contribution < -0.4 is 4.90 Å². The van der Waals surface area contributed by atoms with Crippen LogP contribution in [-0.4, -0.2) is 4.98 Å². The van der Waals surface area contributed by atoms with E-state index in [2.05, 4.69) is 126 Å². The maximum atomic E-state index is 6.76. The molecule has 5 nitrogen and oxygen atoms in total. The van der Waals surface area contributed by atoms with E-state index in [-0.39, 0.29) is 0 Å². The Morgan fingerprint density at radius 2 is 1.02 bits per heavy atom. The van der Waals surface area contributed by atoms with Gasteiger partial charge in [-0.1, -0.05) is 115 Å². The predicted molar refractivity (Wildman–Crippen MR) is 220 cm³/mol. The van der Waals surface area contributed by atoms with Gasteiger partial charge in [-0.3, -0.25) is 0 Å². The van der Waals surface area contributed by atoms with Gasteiger partial charge in [0.05, 0.1) is 5.69 Å². The summed E-state index contributed by atoms with van der Waals surface area (Å²) >= 11 is 0. The zero-order chi connectivity index (χ0) is 35.6. The van der Waals surface area contributed by atoms with E-state index in [0.29, 0.717) is 11.5 Å². The molecule has 54 heavy (non-hydrogen) atoms. The van der Waals surface area contributed by atoms with Crippen molar-refractivity contribution in [3.8, 4) is 33.7 Å². The van der Waals surface area contributed by atoms with Gasteiger partial charge in [0.2, 0.25) is 5.89 Å². The van der Waals surface area contributed by atoms with Crippen molar-refractivity contribution in [2.24, 2.45) is 0 Å². The number of furan rings is 2. The topological polar surface area (TPSA) is 55.6 Å². The minimum Gasteiger partial charge on any atom is -0.456 e. The average molecular weight is 695 g/mol. The fraction of sp³-hybridized carbons (Fsp3) is 0. The first kappa shape index (κ1) is 30.3. The third-order valence-corrected chi connectivity index (χ3v) is 10.3. The molecular formula is C49H30N2O3. The summed E-state index contributed by atoms with van der Waals surface area (Å²) in [4.78, 5) is 7.12. The van der Waals surface area contributed by atoms with Gasteiger partial charge in [-0.25, -0.2) is 4.98 Å². The molecule has 0 spiro atoms. The Labute approximate surface area is 309 Å². The molecule has 0 N–H and O–H groups in total. The molecule has 0 unspecified atom stereocenters. The van der Waals surface area contributed by atoms with Crippen molar-refractivity contribution in [3.05, 3.63) is 182 Å². The van der Waals surface area contributed by atoms with Crippen molar-refractivity contribution in [2.75, 3.05) is 4.90 Å². The van der Waals surface area contributed by atoms with Crippen LogP contribution in [-0.2, 0) is 0 Å². The minimum absolute atomic E-state index is 0.592. The smallest absolute Gasteiger partial charge is 0.227 e. The Balaban J connectivity index is 1.06. The fourth-order valence-electron chi connectivity index (χ4n) is 7.75. The van der Waals surface area contributed by atoms with E-state index < -0.39 is 0 Å². The molecule has 0 bridgehead atoms. The number of hydrogen-bond acceptors (Lipinski definition) is 5. The number of hydrogen-bond donors (Lipinski definition) is 0. The number of fused-ring (bicyclic) bond motifs is 7. The van der Waals surface area contributed by atoms with Gasteiger partial charge in [-0.15, -0.1) is 0 Å². The van der Waals surface area contributed by atoms with Crippen LogP contribution in [0, 0.1) is 0 Å². The molecule has 0 aliphatic carbocycles. The summed E-state index contributed by atoms with van der Waals surface area (Å²) in [5.74, 6) is 0.592. The van der Waals surface area contributed by atoms with Crippen LogP contribution in [0.4, 0.5) is 17.1 Å². The van der Waals surface area contributed by atoms with Gasteiger partial charge < -0.3 is 18.2 Å². The van der Waals surface area contributed by atoms with Crippen LogP contribution >= 0.6 is 0 Å². The maximum absolute atomic E-state index is 6.76. The number of nitrogens with zero attached hydrogens (tertiary/aromatic N) is 2. The van der Waals surface area contributed by atoms with Crippen LogP contribution in [0.5, 0.6) is 0 Å². The molecule has 3 aromatic heterocycles. The summed E-state index contributed by atoms with van der Waals surface area (Å²) in [6, 6.07) is 62.8. The Bertz CT molecular complexity index is 3140. The van der Waals surface area contributed by atoms with Crippen molar-refractivity contribution in [3.63, 3.8) is 0 Å². The van der Waals surface area contributed by atoms with Crippen molar-refractivity contribution in [1.29, 1.82) is 0 Å². The highest BCUT2D eigenvalue weighted by Gasteiger charge is 2.21. The predicted octanol–water partition coefficient (Wildman–Crippen LogP) is 14.1. The Hall–Kier alpha value is -7.37. The fourth-order valence-corrected chi connectivity index (χ4v) is 7.75. The molecule has 5 heteroatoms. The highest BCUT2D eigenvalue weighted by atomic mass is 16.4. The molecule has 3 heterocycles. The standard InChI is InChI=1S/C49H30N2O3/c1-3-11-31(12-4-1)32-21-25-35(26-22-32)51(36-27-23-33(24-28-36)37-16-10-20-44-47(37)39-15-7-8-19-43(39)52-44)42-18-9-17-38-40-29-41-46(30-45(40)53-48(38)42)54-49(50-41)34-13-5-2-6-14-34/h1-30H. The second-order valence-electron chi connectivity index (χ2n) is 13.5. The van der Waals surface area contributed by atoms with E-state index in [9.17, 15) is 0 Å². The molecule has 0 amide bonds. The molecule has 11 rings (SSSR count). The molecule has 0 atom stereocenters. The second-order valence-corrected chi connectivity index (χ2v) is 13.5. The Kier molecular flexibility index (Phi) is 6.79. The molecule has 8 aromatic carbocycles. The van der Waals surface area contributed by atoms with Crippen molar-refractivity contribution in [2.45, 2.75) is 0 Å². The van der Waals surface area contributed by atoms with Crippen LogP contribution in [0.3, 0.4) is 0 Å². The lowest BCUT2D eigenvalue weighted by atomic mass is 9.99. The second kappa shape index (κ2) is 12.1. The summed E-state index contributed by atoms with van der Waals surface area (Å²) in [7, 11) is 0. The maximum Gasteiger partial charge on any atom is 0.227 e. The van der Waals surface area contributed by atoms with Crippen molar-refractivity contribution in [1.82, 2.24) is 4.98 Å².